The molecule has 3 heterocycles. The smallest absolute Gasteiger partial charge is 0.240 e. The molecule has 3 aliphatic heterocycles. The van der Waals surface area contributed by atoms with E-state index in [-0.39, 0.29) is 11.8 Å². The minimum Gasteiger partial charge on any atom is -0.347 e. The Balaban J connectivity index is 1.59. The highest BCUT2D eigenvalue weighted by Gasteiger charge is 2.42. The first-order valence-electron chi connectivity index (χ1n) is 8.86. The number of nitrogens with zero attached hydrogens (tertiary/aromatic N) is 2. The Hall–Kier alpha value is -0.650. The third kappa shape index (κ3) is 3.03. The lowest BCUT2D eigenvalue weighted by atomic mass is 9.95. The van der Waals surface area contributed by atoms with Crippen LogP contribution in [0.2, 0.25) is 0 Å². The highest BCUT2D eigenvalue weighted by Crippen LogP contribution is 2.32. The van der Waals surface area contributed by atoms with E-state index in [1.54, 1.807) is 0 Å². The zero-order valence-electron chi connectivity index (χ0n) is 14.2. The fourth-order valence-corrected chi connectivity index (χ4v) is 4.27. The second-order valence-electron chi connectivity index (χ2n) is 7.19. The van der Waals surface area contributed by atoms with Crippen LogP contribution in [0.5, 0.6) is 0 Å². The fourth-order valence-electron chi connectivity index (χ4n) is 4.27. The van der Waals surface area contributed by atoms with Crippen molar-refractivity contribution in [3.05, 3.63) is 0 Å². The lowest BCUT2D eigenvalue weighted by Crippen LogP contribution is -2.57. The van der Waals surface area contributed by atoms with E-state index in [1.807, 2.05) is 0 Å². The zero-order chi connectivity index (χ0) is 15.7. The van der Waals surface area contributed by atoms with E-state index >= 15 is 0 Å². The molecule has 3 rings (SSSR count). The molecule has 1 amide bonds. The summed E-state index contributed by atoms with van der Waals surface area (Å²) in [5, 5.41) is 0. The third-order valence-electron chi connectivity index (χ3n) is 5.73. The van der Waals surface area contributed by atoms with Gasteiger partial charge in [-0.05, 0) is 40.0 Å². The van der Waals surface area contributed by atoms with Crippen LogP contribution in [-0.4, -0.2) is 65.9 Å². The van der Waals surface area contributed by atoms with Crippen molar-refractivity contribution in [3.63, 3.8) is 0 Å². The number of hydrogen-bond donors (Lipinski definition) is 0. The first-order valence-corrected chi connectivity index (χ1v) is 8.86. The summed E-state index contributed by atoms with van der Waals surface area (Å²) >= 11 is 0. The van der Waals surface area contributed by atoms with Crippen molar-refractivity contribution in [2.45, 2.75) is 76.8 Å². The maximum absolute atomic E-state index is 13.0. The summed E-state index contributed by atoms with van der Waals surface area (Å²) in [6.45, 7) is 9.60. The van der Waals surface area contributed by atoms with Crippen LogP contribution in [-0.2, 0) is 14.3 Å². The van der Waals surface area contributed by atoms with Crippen molar-refractivity contribution >= 4 is 5.91 Å². The lowest BCUT2D eigenvalue weighted by molar-refractivity contribution is -0.189. The molecule has 0 unspecified atom stereocenters. The van der Waals surface area contributed by atoms with E-state index in [9.17, 15) is 4.79 Å². The van der Waals surface area contributed by atoms with Crippen molar-refractivity contribution < 1.29 is 14.3 Å². The molecule has 3 aliphatic rings. The first kappa shape index (κ1) is 16.2. The van der Waals surface area contributed by atoms with Gasteiger partial charge in [0.25, 0.3) is 0 Å². The maximum atomic E-state index is 13.0. The van der Waals surface area contributed by atoms with Gasteiger partial charge in [-0.3, -0.25) is 9.69 Å². The molecule has 3 fully saturated rings. The summed E-state index contributed by atoms with van der Waals surface area (Å²) < 4.78 is 11.6. The second-order valence-corrected chi connectivity index (χ2v) is 7.19. The molecule has 5 heteroatoms. The number of ether oxygens (including phenoxy) is 2. The van der Waals surface area contributed by atoms with Gasteiger partial charge in [-0.25, -0.2) is 0 Å². The SMILES string of the molecule is C[C@H](C(=O)N1[C@H](C)CCC[C@H]1C)N1CCC2(CC1)OCCO2. The Labute approximate surface area is 133 Å². The van der Waals surface area contributed by atoms with Gasteiger partial charge in [-0.15, -0.1) is 0 Å². The van der Waals surface area contributed by atoms with Gasteiger partial charge >= 0.3 is 0 Å². The number of likely N-dealkylation sites (tertiary alicyclic amines) is 2. The molecule has 0 aliphatic carbocycles. The van der Waals surface area contributed by atoms with Crippen LogP contribution in [0.15, 0.2) is 0 Å². The topological polar surface area (TPSA) is 42.0 Å². The van der Waals surface area contributed by atoms with Gasteiger partial charge in [0.15, 0.2) is 5.79 Å². The minimum atomic E-state index is -0.356. The summed E-state index contributed by atoms with van der Waals surface area (Å²) in [5.41, 5.74) is 0. The molecular formula is C17H30N2O3. The second kappa shape index (κ2) is 6.46. The summed E-state index contributed by atoms with van der Waals surface area (Å²) in [6, 6.07) is 0.703. The van der Waals surface area contributed by atoms with Crippen molar-refractivity contribution in [2.75, 3.05) is 26.3 Å². The van der Waals surface area contributed by atoms with Crippen LogP contribution in [0.4, 0.5) is 0 Å². The molecule has 126 valence electrons. The number of amides is 1. The quantitative estimate of drug-likeness (QED) is 0.782. The van der Waals surface area contributed by atoms with E-state index in [0.29, 0.717) is 31.2 Å². The van der Waals surface area contributed by atoms with Crippen molar-refractivity contribution in [2.24, 2.45) is 0 Å². The van der Waals surface area contributed by atoms with E-state index in [0.717, 1.165) is 38.8 Å². The highest BCUT2D eigenvalue weighted by molar-refractivity contribution is 5.82. The molecule has 0 aromatic heterocycles. The first-order chi connectivity index (χ1) is 10.5. The largest absolute Gasteiger partial charge is 0.347 e. The van der Waals surface area contributed by atoms with Crippen LogP contribution in [0.1, 0.15) is 52.9 Å². The van der Waals surface area contributed by atoms with E-state index in [1.165, 1.54) is 6.42 Å². The molecule has 0 radical (unpaired) electrons. The standard InChI is InChI=1S/C17H30N2O3/c1-13-5-4-6-14(2)19(13)16(20)15(3)18-9-7-17(8-10-18)21-11-12-22-17/h13-15H,4-12H2,1-3H3/t13-,14-,15-/m1/s1. The molecule has 5 nitrogen and oxygen atoms in total. The average Bonchev–Trinajstić information content (AvgIpc) is 2.95. The molecule has 0 bridgehead atoms. The van der Waals surface area contributed by atoms with Crippen LogP contribution >= 0.6 is 0 Å². The Morgan fingerprint density at radius 1 is 1.09 bits per heavy atom. The fraction of sp³-hybridized carbons (Fsp3) is 0.941. The van der Waals surface area contributed by atoms with Gasteiger partial charge in [0.05, 0.1) is 19.3 Å². The molecule has 3 saturated heterocycles. The number of piperidine rings is 2. The van der Waals surface area contributed by atoms with E-state index in [2.05, 4.69) is 30.6 Å². The molecule has 0 N–H and O–H groups in total. The Bertz CT molecular complexity index is 389. The van der Waals surface area contributed by atoms with Gasteiger partial charge in [0.1, 0.15) is 0 Å². The molecule has 3 atom stereocenters. The summed E-state index contributed by atoms with van der Waals surface area (Å²) in [7, 11) is 0. The monoisotopic (exact) mass is 310 g/mol. The third-order valence-corrected chi connectivity index (χ3v) is 5.73. The van der Waals surface area contributed by atoms with Crippen LogP contribution in [0, 0.1) is 0 Å². The van der Waals surface area contributed by atoms with Crippen molar-refractivity contribution in [1.82, 2.24) is 9.80 Å². The van der Waals surface area contributed by atoms with Crippen LogP contribution in [0.25, 0.3) is 0 Å². The Kier molecular flexibility index (Phi) is 4.76. The zero-order valence-corrected chi connectivity index (χ0v) is 14.2. The van der Waals surface area contributed by atoms with Gasteiger partial charge in [0.2, 0.25) is 5.91 Å². The summed E-state index contributed by atoms with van der Waals surface area (Å²) in [5.74, 6) is -0.0609. The summed E-state index contributed by atoms with van der Waals surface area (Å²) in [6.07, 6.45) is 5.24. The van der Waals surface area contributed by atoms with Gasteiger partial charge in [-0.2, -0.15) is 0 Å². The number of rotatable bonds is 2. The van der Waals surface area contributed by atoms with Gasteiger partial charge in [-0.1, -0.05) is 0 Å². The summed E-state index contributed by atoms with van der Waals surface area (Å²) in [4.78, 5) is 17.4. The van der Waals surface area contributed by atoms with Crippen LogP contribution in [0.3, 0.4) is 0 Å². The molecular weight excluding hydrogens is 280 g/mol. The number of carbonyl (C=O) groups is 1. The normalized spacial score (nSPS) is 34.0. The molecule has 0 aromatic carbocycles. The van der Waals surface area contributed by atoms with E-state index < -0.39 is 0 Å². The minimum absolute atomic E-state index is 0.0400. The predicted molar refractivity (Wildman–Crippen MR) is 84.5 cm³/mol. The highest BCUT2D eigenvalue weighted by atomic mass is 16.7. The lowest BCUT2D eigenvalue weighted by Gasteiger charge is -2.44. The molecule has 1 spiro atoms. The molecule has 0 saturated carbocycles. The molecule has 22 heavy (non-hydrogen) atoms. The molecule has 0 aromatic rings. The predicted octanol–water partition coefficient (Wildman–Crippen LogP) is 2.00. The van der Waals surface area contributed by atoms with Gasteiger partial charge < -0.3 is 14.4 Å². The average molecular weight is 310 g/mol. The Morgan fingerprint density at radius 3 is 2.18 bits per heavy atom. The number of hydrogen-bond acceptors (Lipinski definition) is 4. The van der Waals surface area contributed by atoms with Crippen molar-refractivity contribution in [1.29, 1.82) is 0 Å². The maximum Gasteiger partial charge on any atom is 0.240 e. The number of carbonyl (C=O) groups excluding carboxylic acids is 1. The van der Waals surface area contributed by atoms with Crippen LogP contribution < -0.4 is 0 Å². The van der Waals surface area contributed by atoms with Crippen molar-refractivity contribution in [3.8, 4) is 0 Å². The van der Waals surface area contributed by atoms with Gasteiger partial charge in [0, 0.05) is 38.0 Å². The van der Waals surface area contributed by atoms with E-state index in [4.69, 9.17) is 9.47 Å². The Morgan fingerprint density at radius 2 is 1.64 bits per heavy atom.